The van der Waals surface area contributed by atoms with Crippen molar-refractivity contribution in [1.29, 1.82) is 0 Å². The van der Waals surface area contributed by atoms with Crippen LogP contribution in [0.25, 0.3) is 0 Å². The molecule has 108 valence electrons. The number of piperazine rings is 1. The molecule has 0 aromatic rings. The average Bonchev–Trinajstić information content (AvgIpc) is 2.36. The monoisotopic (exact) mass is 256 g/mol. The lowest BCUT2D eigenvalue weighted by Crippen LogP contribution is -2.47. The minimum atomic E-state index is 0.619. The fourth-order valence-electron chi connectivity index (χ4n) is 2.41. The van der Waals surface area contributed by atoms with Crippen LogP contribution in [0.5, 0.6) is 0 Å². The van der Waals surface area contributed by atoms with E-state index in [9.17, 15) is 0 Å². The molecule has 0 radical (unpaired) electrons. The lowest BCUT2D eigenvalue weighted by atomic mass is 10.2. The standard InChI is InChI=1S/C14H32N4/c1-14(2)16-7-5-9-18-12-10-17(11-13-18)8-4-6-15-3/h14-16H,4-13H2,1-3H3. The molecule has 2 N–H and O–H groups in total. The molecule has 1 rings (SSSR count). The molecule has 0 aliphatic carbocycles. The van der Waals surface area contributed by atoms with E-state index in [1.54, 1.807) is 0 Å². The summed E-state index contributed by atoms with van der Waals surface area (Å²) in [4.78, 5) is 5.21. The van der Waals surface area contributed by atoms with Gasteiger partial charge in [-0.1, -0.05) is 13.8 Å². The predicted octanol–water partition coefficient (Wildman–Crippen LogP) is 0.602. The van der Waals surface area contributed by atoms with Gasteiger partial charge in [0.25, 0.3) is 0 Å². The smallest absolute Gasteiger partial charge is 0.0110 e. The first-order valence-electron chi connectivity index (χ1n) is 7.55. The van der Waals surface area contributed by atoms with Crippen LogP contribution < -0.4 is 10.6 Å². The quantitative estimate of drug-likeness (QED) is 0.592. The molecule has 1 fully saturated rings. The maximum Gasteiger partial charge on any atom is 0.0110 e. The molecule has 0 spiro atoms. The van der Waals surface area contributed by atoms with Crippen LogP contribution in [0.2, 0.25) is 0 Å². The summed E-state index contributed by atoms with van der Waals surface area (Å²) in [6.07, 6.45) is 2.55. The summed E-state index contributed by atoms with van der Waals surface area (Å²) in [7, 11) is 2.03. The van der Waals surface area contributed by atoms with Gasteiger partial charge < -0.3 is 20.4 Å². The molecule has 0 saturated carbocycles. The van der Waals surface area contributed by atoms with Crippen molar-refractivity contribution < 1.29 is 0 Å². The molecule has 0 atom stereocenters. The fraction of sp³-hybridized carbons (Fsp3) is 1.00. The van der Waals surface area contributed by atoms with Gasteiger partial charge in [0.05, 0.1) is 0 Å². The van der Waals surface area contributed by atoms with Gasteiger partial charge >= 0.3 is 0 Å². The topological polar surface area (TPSA) is 30.5 Å². The van der Waals surface area contributed by atoms with Crippen LogP contribution in [0.1, 0.15) is 26.7 Å². The van der Waals surface area contributed by atoms with Gasteiger partial charge in [-0.3, -0.25) is 0 Å². The zero-order valence-corrected chi connectivity index (χ0v) is 12.5. The zero-order valence-electron chi connectivity index (χ0n) is 12.5. The number of hydrogen-bond donors (Lipinski definition) is 2. The van der Waals surface area contributed by atoms with Crippen molar-refractivity contribution in [2.24, 2.45) is 0 Å². The SMILES string of the molecule is CNCCCN1CCN(CCCNC(C)C)CC1. The summed E-state index contributed by atoms with van der Waals surface area (Å²) >= 11 is 0. The highest BCUT2D eigenvalue weighted by atomic mass is 15.3. The van der Waals surface area contributed by atoms with E-state index >= 15 is 0 Å². The van der Waals surface area contributed by atoms with Crippen LogP contribution in [0.15, 0.2) is 0 Å². The average molecular weight is 256 g/mol. The molecule has 4 nitrogen and oxygen atoms in total. The zero-order chi connectivity index (χ0) is 13.2. The molecule has 1 saturated heterocycles. The van der Waals surface area contributed by atoms with Crippen molar-refractivity contribution in [2.45, 2.75) is 32.7 Å². The van der Waals surface area contributed by atoms with Crippen molar-refractivity contribution in [1.82, 2.24) is 20.4 Å². The minimum Gasteiger partial charge on any atom is -0.320 e. The molecule has 18 heavy (non-hydrogen) atoms. The maximum atomic E-state index is 3.48. The molecule has 1 aliphatic heterocycles. The summed E-state index contributed by atoms with van der Waals surface area (Å²) in [6.45, 7) is 14.2. The van der Waals surface area contributed by atoms with Gasteiger partial charge in [0, 0.05) is 32.2 Å². The highest BCUT2D eigenvalue weighted by Crippen LogP contribution is 2.02. The molecule has 0 aromatic carbocycles. The minimum absolute atomic E-state index is 0.619. The van der Waals surface area contributed by atoms with E-state index in [0.29, 0.717) is 6.04 Å². The predicted molar refractivity (Wildman–Crippen MR) is 79.2 cm³/mol. The third kappa shape index (κ3) is 7.31. The van der Waals surface area contributed by atoms with Crippen LogP contribution in [0, 0.1) is 0 Å². The van der Waals surface area contributed by atoms with Crippen LogP contribution in [0.3, 0.4) is 0 Å². The maximum absolute atomic E-state index is 3.48. The van der Waals surface area contributed by atoms with Gasteiger partial charge in [-0.2, -0.15) is 0 Å². The van der Waals surface area contributed by atoms with Crippen molar-refractivity contribution >= 4 is 0 Å². The van der Waals surface area contributed by atoms with E-state index < -0.39 is 0 Å². The summed E-state index contributed by atoms with van der Waals surface area (Å²) in [5.74, 6) is 0. The second-order valence-electron chi connectivity index (χ2n) is 5.60. The van der Waals surface area contributed by atoms with Gasteiger partial charge in [-0.15, -0.1) is 0 Å². The Balaban J connectivity index is 1.98. The molecule has 1 aliphatic rings. The summed E-state index contributed by atoms with van der Waals surface area (Å²) < 4.78 is 0. The van der Waals surface area contributed by atoms with Crippen LogP contribution in [-0.2, 0) is 0 Å². The Hall–Kier alpha value is -0.160. The van der Waals surface area contributed by atoms with Gasteiger partial charge in [0.1, 0.15) is 0 Å². The molecule has 0 aromatic heterocycles. The van der Waals surface area contributed by atoms with Crippen LogP contribution >= 0.6 is 0 Å². The summed E-state index contributed by atoms with van der Waals surface area (Å²) in [6, 6.07) is 0.619. The molecular weight excluding hydrogens is 224 g/mol. The lowest BCUT2D eigenvalue weighted by Gasteiger charge is -2.34. The van der Waals surface area contributed by atoms with Crippen molar-refractivity contribution in [3.8, 4) is 0 Å². The Labute approximate surface area is 113 Å². The van der Waals surface area contributed by atoms with Gasteiger partial charge in [-0.05, 0) is 46.1 Å². The molecule has 0 unspecified atom stereocenters. The van der Waals surface area contributed by atoms with Crippen molar-refractivity contribution in [3.63, 3.8) is 0 Å². The highest BCUT2D eigenvalue weighted by Gasteiger charge is 2.15. The summed E-state index contributed by atoms with van der Waals surface area (Å²) in [5.41, 5.74) is 0. The van der Waals surface area contributed by atoms with Crippen molar-refractivity contribution in [2.75, 3.05) is 59.4 Å². The largest absolute Gasteiger partial charge is 0.320 e. The van der Waals surface area contributed by atoms with Gasteiger partial charge in [0.2, 0.25) is 0 Å². The molecule has 0 amide bonds. The third-order valence-electron chi connectivity index (χ3n) is 3.57. The Morgan fingerprint density at radius 2 is 1.39 bits per heavy atom. The van der Waals surface area contributed by atoms with E-state index in [1.807, 2.05) is 7.05 Å². The highest BCUT2D eigenvalue weighted by molar-refractivity contribution is 4.72. The Bertz CT molecular complexity index is 188. The number of nitrogens with one attached hydrogen (secondary N) is 2. The van der Waals surface area contributed by atoms with Crippen LogP contribution in [-0.4, -0.2) is 75.2 Å². The lowest BCUT2D eigenvalue weighted by molar-refractivity contribution is 0.130. The van der Waals surface area contributed by atoms with E-state index in [2.05, 4.69) is 34.3 Å². The van der Waals surface area contributed by atoms with E-state index in [0.717, 1.165) is 13.1 Å². The van der Waals surface area contributed by atoms with Crippen LogP contribution in [0.4, 0.5) is 0 Å². The van der Waals surface area contributed by atoms with Crippen molar-refractivity contribution in [3.05, 3.63) is 0 Å². The molecular formula is C14H32N4. The van der Waals surface area contributed by atoms with Gasteiger partial charge in [-0.25, -0.2) is 0 Å². The molecule has 1 heterocycles. The number of hydrogen-bond acceptors (Lipinski definition) is 4. The first kappa shape index (κ1) is 15.9. The second kappa shape index (κ2) is 9.73. The molecule has 4 heteroatoms. The fourth-order valence-corrected chi connectivity index (χ4v) is 2.41. The number of nitrogens with zero attached hydrogens (tertiary/aromatic N) is 2. The first-order valence-corrected chi connectivity index (χ1v) is 7.55. The normalized spacial score (nSPS) is 18.7. The third-order valence-corrected chi connectivity index (χ3v) is 3.57. The van der Waals surface area contributed by atoms with E-state index in [4.69, 9.17) is 0 Å². The van der Waals surface area contributed by atoms with E-state index in [-0.39, 0.29) is 0 Å². The second-order valence-corrected chi connectivity index (χ2v) is 5.60. The first-order chi connectivity index (χ1) is 8.72. The Morgan fingerprint density at radius 3 is 1.83 bits per heavy atom. The Morgan fingerprint density at radius 1 is 0.889 bits per heavy atom. The number of rotatable bonds is 9. The van der Waals surface area contributed by atoms with Gasteiger partial charge in [0.15, 0.2) is 0 Å². The van der Waals surface area contributed by atoms with E-state index in [1.165, 1.54) is 52.1 Å². The Kier molecular flexibility index (Phi) is 8.59. The molecule has 0 bridgehead atoms. The summed E-state index contributed by atoms with van der Waals surface area (Å²) in [5, 5.41) is 6.70.